The first-order valence-electron chi connectivity index (χ1n) is 5.04. The molecule has 0 spiro atoms. The topological polar surface area (TPSA) is 90.5 Å². The maximum atomic E-state index is 10.8. The first kappa shape index (κ1) is 13.0. The van der Waals surface area contributed by atoms with Crippen molar-refractivity contribution in [2.75, 3.05) is 7.11 Å². The lowest BCUT2D eigenvalue weighted by Crippen LogP contribution is -2.13. The number of nitriles is 1. The fraction of sp³-hybridized carbons (Fsp3) is 0.333. The molecule has 90 valence electrons. The van der Waals surface area contributed by atoms with Gasteiger partial charge in [-0.2, -0.15) is 5.26 Å². The van der Waals surface area contributed by atoms with Gasteiger partial charge in [0, 0.05) is 6.42 Å². The summed E-state index contributed by atoms with van der Waals surface area (Å²) in [5.74, 6) is -0.850. The van der Waals surface area contributed by atoms with Gasteiger partial charge in [0.15, 0.2) is 6.10 Å². The molecule has 0 aliphatic heterocycles. The highest BCUT2D eigenvalue weighted by Gasteiger charge is 2.20. The van der Waals surface area contributed by atoms with E-state index in [2.05, 4.69) is 0 Å². The normalized spacial score (nSPS) is 11.6. The number of hydrogen-bond acceptors (Lipinski definition) is 4. The quantitative estimate of drug-likeness (QED) is 0.802. The number of aryl methyl sites for hydroxylation is 1. The van der Waals surface area contributed by atoms with Crippen LogP contribution in [0, 0.1) is 11.3 Å². The number of ether oxygens (including phenoxy) is 1. The average molecular weight is 235 g/mol. The monoisotopic (exact) mass is 235 g/mol. The van der Waals surface area contributed by atoms with Gasteiger partial charge in [-0.15, -0.1) is 0 Å². The number of nitrogens with zero attached hydrogens (tertiary/aromatic N) is 1. The minimum Gasteiger partial charge on any atom is -0.497 e. The van der Waals surface area contributed by atoms with Crippen LogP contribution in [0.15, 0.2) is 18.2 Å². The van der Waals surface area contributed by atoms with Crippen molar-refractivity contribution in [2.45, 2.75) is 18.9 Å². The van der Waals surface area contributed by atoms with Crippen LogP contribution in [0.25, 0.3) is 0 Å². The summed E-state index contributed by atoms with van der Waals surface area (Å²) in [6.07, 6.45) is -0.926. The third kappa shape index (κ3) is 3.20. The summed E-state index contributed by atoms with van der Waals surface area (Å²) in [6.45, 7) is 0. The molecule has 0 saturated heterocycles. The van der Waals surface area contributed by atoms with E-state index < -0.39 is 12.1 Å². The van der Waals surface area contributed by atoms with E-state index in [0.717, 1.165) is 0 Å². The number of hydrogen-bond donors (Lipinski definition) is 2. The Morgan fingerprint density at radius 1 is 1.59 bits per heavy atom. The van der Waals surface area contributed by atoms with Gasteiger partial charge in [0.2, 0.25) is 0 Å². The third-order valence-corrected chi connectivity index (χ3v) is 2.39. The molecule has 1 rings (SSSR count). The number of benzene rings is 1. The van der Waals surface area contributed by atoms with Crippen LogP contribution in [0.3, 0.4) is 0 Å². The number of aliphatic hydroxyl groups is 1. The number of carbonyl (C=O) groups is 1. The maximum absolute atomic E-state index is 10.8. The summed E-state index contributed by atoms with van der Waals surface area (Å²) in [4.78, 5) is 10.8. The SMILES string of the molecule is COc1ccc(CCC#N)c(C(O)C(=O)O)c1. The van der Waals surface area contributed by atoms with Crippen LogP contribution in [0.2, 0.25) is 0 Å². The number of aliphatic hydroxyl groups excluding tert-OH is 1. The Morgan fingerprint density at radius 3 is 2.82 bits per heavy atom. The predicted molar refractivity (Wildman–Crippen MR) is 59.5 cm³/mol. The van der Waals surface area contributed by atoms with Gasteiger partial charge >= 0.3 is 5.97 Å². The second kappa shape index (κ2) is 5.87. The van der Waals surface area contributed by atoms with Gasteiger partial charge in [-0.25, -0.2) is 4.79 Å². The Balaban J connectivity index is 3.11. The highest BCUT2D eigenvalue weighted by Crippen LogP contribution is 2.25. The number of rotatable bonds is 5. The van der Waals surface area contributed by atoms with E-state index in [1.807, 2.05) is 6.07 Å². The molecule has 0 aromatic heterocycles. The Kier molecular flexibility index (Phi) is 4.49. The van der Waals surface area contributed by atoms with Crippen molar-refractivity contribution in [1.82, 2.24) is 0 Å². The van der Waals surface area contributed by atoms with Gasteiger partial charge in [0.1, 0.15) is 5.75 Å². The molecule has 0 aliphatic carbocycles. The first-order valence-corrected chi connectivity index (χ1v) is 5.04. The molecular formula is C12H13NO4. The summed E-state index contributed by atoms with van der Waals surface area (Å²) in [5, 5.41) is 26.9. The number of methoxy groups -OCH3 is 1. The fourth-order valence-electron chi connectivity index (χ4n) is 1.51. The molecule has 0 heterocycles. The molecule has 0 aliphatic rings. The number of aliphatic carboxylic acids is 1. The number of carboxylic acids is 1. The van der Waals surface area contributed by atoms with E-state index in [4.69, 9.17) is 15.1 Å². The molecule has 1 atom stereocenters. The summed E-state index contributed by atoms with van der Waals surface area (Å²) >= 11 is 0. The molecule has 0 saturated carbocycles. The minimum absolute atomic E-state index is 0.270. The van der Waals surface area contributed by atoms with Crippen LogP contribution < -0.4 is 4.74 Å². The standard InChI is InChI=1S/C12H13NO4/c1-17-9-5-4-8(3-2-6-13)10(7-9)11(14)12(15)16/h4-5,7,11,14H,2-3H2,1H3,(H,15,16). The highest BCUT2D eigenvalue weighted by molar-refractivity contribution is 5.74. The van der Waals surface area contributed by atoms with Crippen molar-refractivity contribution in [2.24, 2.45) is 0 Å². The molecule has 1 unspecified atom stereocenters. The van der Waals surface area contributed by atoms with Crippen molar-refractivity contribution in [1.29, 1.82) is 5.26 Å². The molecule has 5 nitrogen and oxygen atoms in total. The molecule has 2 N–H and O–H groups in total. The van der Waals surface area contributed by atoms with Crippen molar-refractivity contribution < 1.29 is 19.7 Å². The van der Waals surface area contributed by atoms with Crippen LogP contribution in [0.5, 0.6) is 5.75 Å². The van der Waals surface area contributed by atoms with E-state index in [9.17, 15) is 9.90 Å². The molecule has 0 fully saturated rings. The van der Waals surface area contributed by atoms with Crippen LogP contribution in [-0.4, -0.2) is 23.3 Å². The van der Waals surface area contributed by atoms with E-state index in [1.54, 1.807) is 12.1 Å². The van der Waals surface area contributed by atoms with E-state index in [0.29, 0.717) is 17.7 Å². The molecule has 0 bridgehead atoms. The van der Waals surface area contributed by atoms with Gasteiger partial charge < -0.3 is 14.9 Å². The largest absolute Gasteiger partial charge is 0.497 e. The van der Waals surface area contributed by atoms with E-state index in [1.165, 1.54) is 13.2 Å². The summed E-state index contributed by atoms with van der Waals surface area (Å²) in [5.41, 5.74) is 0.911. The second-order valence-electron chi connectivity index (χ2n) is 3.46. The lowest BCUT2D eigenvalue weighted by atomic mass is 9.98. The van der Waals surface area contributed by atoms with Gasteiger partial charge in [0.25, 0.3) is 0 Å². The van der Waals surface area contributed by atoms with Crippen molar-refractivity contribution in [3.63, 3.8) is 0 Å². The molecular weight excluding hydrogens is 222 g/mol. The zero-order valence-electron chi connectivity index (χ0n) is 9.38. The minimum atomic E-state index is -1.60. The van der Waals surface area contributed by atoms with Crippen LogP contribution in [-0.2, 0) is 11.2 Å². The smallest absolute Gasteiger partial charge is 0.337 e. The predicted octanol–water partition coefficient (Wildman–Crippen LogP) is 1.27. The summed E-state index contributed by atoms with van der Waals surface area (Å²) in [6, 6.07) is 6.79. The van der Waals surface area contributed by atoms with Crippen LogP contribution >= 0.6 is 0 Å². The van der Waals surface area contributed by atoms with Crippen molar-refractivity contribution >= 4 is 5.97 Å². The molecule has 17 heavy (non-hydrogen) atoms. The zero-order valence-corrected chi connectivity index (χ0v) is 9.38. The van der Waals surface area contributed by atoms with Crippen LogP contribution in [0.4, 0.5) is 0 Å². The molecule has 5 heteroatoms. The van der Waals surface area contributed by atoms with Crippen molar-refractivity contribution in [3.8, 4) is 11.8 Å². The van der Waals surface area contributed by atoms with Gasteiger partial charge in [-0.1, -0.05) is 6.07 Å². The first-order chi connectivity index (χ1) is 8.10. The summed E-state index contributed by atoms with van der Waals surface area (Å²) in [7, 11) is 1.46. The van der Waals surface area contributed by atoms with Gasteiger partial charge in [0.05, 0.1) is 13.2 Å². The summed E-state index contributed by atoms with van der Waals surface area (Å²) < 4.78 is 4.98. The Labute approximate surface area is 98.9 Å². The molecule has 0 amide bonds. The Bertz CT molecular complexity index is 450. The van der Waals surface area contributed by atoms with Crippen molar-refractivity contribution in [3.05, 3.63) is 29.3 Å². The van der Waals surface area contributed by atoms with Gasteiger partial charge in [-0.3, -0.25) is 0 Å². The van der Waals surface area contributed by atoms with E-state index in [-0.39, 0.29) is 12.0 Å². The van der Waals surface area contributed by atoms with Crippen LogP contribution in [0.1, 0.15) is 23.7 Å². The zero-order chi connectivity index (χ0) is 12.8. The van der Waals surface area contributed by atoms with Gasteiger partial charge in [-0.05, 0) is 29.7 Å². The molecule has 0 radical (unpaired) electrons. The number of carboxylic acid groups (broad SMARTS) is 1. The lowest BCUT2D eigenvalue weighted by molar-refractivity contribution is -0.147. The molecule has 1 aromatic carbocycles. The lowest BCUT2D eigenvalue weighted by Gasteiger charge is -2.13. The second-order valence-corrected chi connectivity index (χ2v) is 3.46. The highest BCUT2D eigenvalue weighted by atomic mass is 16.5. The third-order valence-electron chi connectivity index (χ3n) is 2.39. The molecule has 1 aromatic rings. The maximum Gasteiger partial charge on any atom is 0.337 e. The fourth-order valence-corrected chi connectivity index (χ4v) is 1.51. The Hall–Kier alpha value is -2.06. The Morgan fingerprint density at radius 2 is 2.29 bits per heavy atom. The van der Waals surface area contributed by atoms with E-state index >= 15 is 0 Å². The average Bonchev–Trinajstić information content (AvgIpc) is 2.35.